The Morgan fingerprint density at radius 3 is 2.34 bits per heavy atom. The normalized spacial score (nSPS) is 23.2. The van der Waals surface area contributed by atoms with E-state index in [0.29, 0.717) is 17.3 Å². The van der Waals surface area contributed by atoms with E-state index in [-0.39, 0.29) is 41.3 Å². The summed E-state index contributed by atoms with van der Waals surface area (Å²) in [7, 11) is 0. The Kier molecular flexibility index (Phi) is 8.47. The summed E-state index contributed by atoms with van der Waals surface area (Å²) in [6.45, 7) is 1.94. The van der Waals surface area contributed by atoms with Crippen molar-refractivity contribution in [1.82, 2.24) is 4.90 Å². The highest BCUT2D eigenvalue weighted by atomic mass is 19.1. The van der Waals surface area contributed by atoms with Crippen molar-refractivity contribution in [3.05, 3.63) is 99.9 Å². The Morgan fingerprint density at radius 2 is 1.68 bits per heavy atom. The van der Waals surface area contributed by atoms with E-state index in [1.54, 1.807) is 12.1 Å². The van der Waals surface area contributed by atoms with Gasteiger partial charge in [-0.1, -0.05) is 36.4 Å². The molecule has 2 aliphatic carbocycles. The maximum atomic E-state index is 15.0. The monoisotopic (exact) mass is 603 g/mol. The number of carbonyl (C=O) groups excluding carboxylic acids is 2. The second-order valence-corrected chi connectivity index (χ2v) is 12.0. The van der Waals surface area contributed by atoms with Gasteiger partial charge in [0.15, 0.2) is 0 Å². The minimum Gasteiger partial charge on any atom is -0.444 e. The minimum atomic E-state index is -0.796. The zero-order valence-electron chi connectivity index (χ0n) is 24.2. The van der Waals surface area contributed by atoms with Crippen molar-refractivity contribution < 1.29 is 33.1 Å². The number of anilines is 1. The lowest BCUT2D eigenvalue weighted by molar-refractivity contribution is -0.384. The average Bonchev–Trinajstić information content (AvgIpc) is 2.98. The number of piperidine rings is 1. The number of nitrogens with zero attached hydrogens (tertiary/aromatic N) is 2. The highest BCUT2D eigenvalue weighted by Gasteiger charge is 2.55. The number of carbonyl (C=O) groups is 2. The smallest absolute Gasteiger partial charge is 0.444 e. The molecule has 3 aromatic carbocycles. The van der Waals surface area contributed by atoms with Crippen LogP contribution in [0.2, 0.25) is 0 Å². The second-order valence-electron chi connectivity index (χ2n) is 12.0. The summed E-state index contributed by atoms with van der Waals surface area (Å²) >= 11 is 0. The van der Waals surface area contributed by atoms with E-state index in [0.717, 1.165) is 57.2 Å². The Balaban J connectivity index is 0.895. The third-order valence-electron chi connectivity index (χ3n) is 9.12. The number of rotatable bonds is 8. The molecule has 2 saturated carbocycles. The molecule has 3 fully saturated rings. The molecule has 1 amide bonds. The van der Waals surface area contributed by atoms with Gasteiger partial charge in [-0.15, -0.1) is 0 Å². The lowest BCUT2D eigenvalue weighted by atomic mass is 9.52. The number of benzene rings is 3. The fourth-order valence-electron chi connectivity index (χ4n) is 6.80. The fourth-order valence-corrected chi connectivity index (χ4v) is 6.80. The van der Waals surface area contributed by atoms with E-state index in [1.165, 1.54) is 30.3 Å². The predicted molar refractivity (Wildman–Crippen MR) is 159 cm³/mol. The maximum absolute atomic E-state index is 15.0. The molecular formula is C33H34FN3O7. The van der Waals surface area contributed by atoms with Gasteiger partial charge in [-0.25, -0.2) is 14.0 Å². The van der Waals surface area contributed by atoms with E-state index >= 15 is 4.39 Å². The molecule has 6 rings (SSSR count). The number of hydrogen-bond donors (Lipinski definition) is 1. The molecular weight excluding hydrogens is 569 g/mol. The summed E-state index contributed by atoms with van der Waals surface area (Å²) in [6.07, 6.45) is 3.86. The van der Waals surface area contributed by atoms with Gasteiger partial charge in [0.2, 0.25) is 0 Å². The SMILES string of the molecule is O=C(Nc1ccc(C2CCN(C3CC4(CC(OC(=O)Oc5ccc([N+](=O)[O-])cc5)C4)C3)CC2)c(F)c1)OCc1ccccc1. The number of amides is 1. The first kappa shape index (κ1) is 29.6. The van der Waals surface area contributed by atoms with Crippen LogP contribution >= 0.6 is 0 Å². The molecule has 10 nitrogen and oxygen atoms in total. The third kappa shape index (κ3) is 6.83. The van der Waals surface area contributed by atoms with E-state index in [9.17, 15) is 19.7 Å². The third-order valence-corrected chi connectivity index (χ3v) is 9.12. The van der Waals surface area contributed by atoms with E-state index in [1.807, 2.05) is 30.3 Å². The lowest BCUT2D eigenvalue weighted by Gasteiger charge is -2.59. The van der Waals surface area contributed by atoms with Crippen molar-refractivity contribution in [2.24, 2.45) is 5.41 Å². The van der Waals surface area contributed by atoms with Crippen LogP contribution in [0, 0.1) is 21.3 Å². The van der Waals surface area contributed by atoms with Gasteiger partial charge in [-0.3, -0.25) is 15.4 Å². The van der Waals surface area contributed by atoms with Crippen LogP contribution in [0.15, 0.2) is 72.8 Å². The van der Waals surface area contributed by atoms with Gasteiger partial charge >= 0.3 is 12.2 Å². The van der Waals surface area contributed by atoms with Crippen LogP contribution in [0.25, 0.3) is 0 Å². The maximum Gasteiger partial charge on any atom is 0.514 e. The topological polar surface area (TPSA) is 120 Å². The molecule has 11 heteroatoms. The zero-order valence-corrected chi connectivity index (χ0v) is 24.2. The number of nitrogens with one attached hydrogen (secondary N) is 1. The molecule has 0 bridgehead atoms. The van der Waals surface area contributed by atoms with Crippen molar-refractivity contribution in [3.8, 4) is 5.75 Å². The van der Waals surface area contributed by atoms with Crippen LogP contribution in [0.1, 0.15) is 55.6 Å². The quantitative estimate of drug-likeness (QED) is 0.124. The molecule has 0 atom stereocenters. The number of hydrogen-bond acceptors (Lipinski definition) is 8. The van der Waals surface area contributed by atoms with E-state index < -0.39 is 17.2 Å². The number of nitro groups is 1. The highest BCUT2D eigenvalue weighted by Crippen LogP contribution is 2.58. The van der Waals surface area contributed by atoms with Crippen molar-refractivity contribution in [1.29, 1.82) is 0 Å². The lowest BCUT2D eigenvalue weighted by Crippen LogP contribution is -2.59. The van der Waals surface area contributed by atoms with Gasteiger partial charge < -0.3 is 19.1 Å². The standard InChI is InChI=1S/C33H34FN3O7/c34-30-16-24(35-31(38)42-21-22-4-2-1-3-5-22)6-11-29(30)23-12-14-36(15-13-23)26-17-33(18-26)19-28(20-33)44-32(39)43-27-9-7-25(8-10-27)37(40)41/h1-11,16,23,26,28H,12-15,17-21H2,(H,35,38). The number of likely N-dealkylation sites (tertiary alicyclic amines) is 1. The Morgan fingerprint density at radius 1 is 0.977 bits per heavy atom. The summed E-state index contributed by atoms with van der Waals surface area (Å²) in [6, 6.07) is 20.0. The molecule has 230 valence electrons. The summed E-state index contributed by atoms with van der Waals surface area (Å²) in [4.78, 5) is 37.0. The number of non-ortho nitro benzene ring substituents is 1. The largest absolute Gasteiger partial charge is 0.514 e. The van der Waals surface area contributed by atoms with Gasteiger partial charge in [0.25, 0.3) is 5.69 Å². The molecule has 0 radical (unpaired) electrons. The van der Waals surface area contributed by atoms with Gasteiger partial charge in [0.05, 0.1) is 4.92 Å². The highest BCUT2D eigenvalue weighted by molar-refractivity contribution is 5.84. The number of halogens is 1. The van der Waals surface area contributed by atoms with Crippen LogP contribution in [0.4, 0.5) is 25.4 Å². The van der Waals surface area contributed by atoms with Gasteiger partial charge in [0, 0.05) is 23.9 Å². The molecule has 1 N–H and O–H groups in total. The molecule has 0 unspecified atom stereocenters. The first-order valence-electron chi connectivity index (χ1n) is 14.9. The Labute approximate surface area is 254 Å². The van der Waals surface area contributed by atoms with Crippen LogP contribution in [0.5, 0.6) is 5.75 Å². The fraction of sp³-hybridized carbons (Fsp3) is 0.394. The molecule has 1 heterocycles. The van der Waals surface area contributed by atoms with Crippen LogP contribution in [-0.4, -0.2) is 47.3 Å². The molecule has 3 aromatic rings. The Hall–Kier alpha value is -4.51. The first-order valence-corrected chi connectivity index (χ1v) is 14.9. The summed E-state index contributed by atoms with van der Waals surface area (Å²) in [5.74, 6) is 0.00982. The Bertz CT molecular complexity index is 1500. The van der Waals surface area contributed by atoms with Crippen LogP contribution in [-0.2, 0) is 16.1 Å². The van der Waals surface area contributed by atoms with Crippen LogP contribution < -0.4 is 10.1 Å². The van der Waals surface area contributed by atoms with Crippen LogP contribution in [0.3, 0.4) is 0 Å². The minimum absolute atomic E-state index is 0.0790. The van der Waals surface area contributed by atoms with Gasteiger partial charge in [-0.2, -0.15) is 0 Å². The number of ether oxygens (including phenoxy) is 3. The molecule has 1 spiro atoms. The molecule has 1 aliphatic heterocycles. The number of nitro benzene ring substituents is 1. The van der Waals surface area contributed by atoms with E-state index in [4.69, 9.17) is 14.2 Å². The van der Waals surface area contributed by atoms with Gasteiger partial charge in [0.1, 0.15) is 24.3 Å². The van der Waals surface area contributed by atoms with Crippen molar-refractivity contribution in [2.45, 2.75) is 63.2 Å². The molecule has 1 saturated heterocycles. The second kappa shape index (κ2) is 12.6. The van der Waals surface area contributed by atoms with E-state index in [2.05, 4.69) is 10.2 Å². The average molecular weight is 604 g/mol. The molecule has 44 heavy (non-hydrogen) atoms. The summed E-state index contributed by atoms with van der Waals surface area (Å²) < 4.78 is 30.9. The van der Waals surface area contributed by atoms with Crippen molar-refractivity contribution in [2.75, 3.05) is 18.4 Å². The predicted octanol–water partition coefficient (Wildman–Crippen LogP) is 7.19. The first-order chi connectivity index (χ1) is 21.2. The summed E-state index contributed by atoms with van der Waals surface area (Å²) in [5.41, 5.74) is 2.04. The van der Waals surface area contributed by atoms with Gasteiger partial charge in [-0.05, 0) is 98.3 Å². The zero-order chi connectivity index (χ0) is 30.7. The molecule has 0 aromatic heterocycles. The summed E-state index contributed by atoms with van der Waals surface area (Å²) in [5, 5.41) is 13.4. The van der Waals surface area contributed by atoms with Crippen molar-refractivity contribution in [3.63, 3.8) is 0 Å². The van der Waals surface area contributed by atoms with Crippen molar-refractivity contribution >= 4 is 23.6 Å². The molecule has 3 aliphatic rings.